The minimum absolute atomic E-state index is 0.00153. The summed E-state index contributed by atoms with van der Waals surface area (Å²) in [6, 6.07) is 1.94. The van der Waals surface area contributed by atoms with Gasteiger partial charge in [0.15, 0.2) is 0 Å². The fraction of sp³-hybridized carbons (Fsp3) is 0.583. The quantitative estimate of drug-likeness (QED) is 0.904. The molecular formula is C12H19BrN2O2. The van der Waals surface area contributed by atoms with Gasteiger partial charge in [0.25, 0.3) is 5.91 Å². The third-order valence-corrected chi connectivity index (χ3v) is 3.07. The van der Waals surface area contributed by atoms with Gasteiger partial charge in [0.1, 0.15) is 5.69 Å². The first kappa shape index (κ1) is 14.3. The van der Waals surface area contributed by atoms with Crippen LogP contribution < -0.4 is 0 Å². The van der Waals surface area contributed by atoms with Gasteiger partial charge in [0, 0.05) is 36.9 Å². The molecule has 0 fully saturated rings. The Bertz CT molecular complexity index is 388. The normalized spacial score (nSPS) is 10.9. The summed E-state index contributed by atoms with van der Waals surface area (Å²) in [5.41, 5.74) is 0.656. The van der Waals surface area contributed by atoms with Crippen molar-refractivity contribution >= 4 is 21.8 Å². The van der Waals surface area contributed by atoms with Gasteiger partial charge in [-0.25, -0.2) is 0 Å². The molecule has 0 unspecified atom stereocenters. The van der Waals surface area contributed by atoms with Gasteiger partial charge < -0.3 is 14.6 Å². The number of aliphatic hydroxyl groups excluding tert-OH is 1. The van der Waals surface area contributed by atoms with E-state index in [1.54, 1.807) is 9.47 Å². The highest BCUT2D eigenvalue weighted by Crippen LogP contribution is 2.16. The Hall–Kier alpha value is -0.810. The van der Waals surface area contributed by atoms with Crippen LogP contribution >= 0.6 is 15.9 Å². The molecule has 0 aliphatic heterocycles. The lowest BCUT2D eigenvalue weighted by atomic mass is 10.2. The molecule has 0 saturated carbocycles. The van der Waals surface area contributed by atoms with Crippen molar-refractivity contribution in [1.29, 1.82) is 0 Å². The van der Waals surface area contributed by atoms with Crippen molar-refractivity contribution in [3.63, 3.8) is 0 Å². The minimum atomic E-state index is 0.00153. The SMILES string of the molecule is CC(C)N(CCCO)C(=O)c1cc(Br)cn1C. The van der Waals surface area contributed by atoms with Crippen LogP contribution in [0.2, 0.25) is 0 Å². The van der Waals surface area contributed by atoms with E-state index in [1.165, 1.54) is 0 Å². The number of rotatable bonds is 5. The zero-order valence-electron chi connectivity index (χ0n) is 10.5. The Morgan fingerprint density at radius 2 is 2.24 bits per heavy atom. The van der Waals surface area contributed by atoms with Crippen LogP contribution in [0.1, 0.15) is 30.8 Å². The second-order valence-corrected chi connectivity index (χ2v) is 5.24. The number of nitrogens with zero attached hydrogens (tertiary/aromatic N) is 2. The first-order chi connectivity index (χ1) is 7.97. The van der Waals surface area contributed by atoms with E-state index in [0.29, 0.717) is 18.7 Å². The van der Waals surface area contributed by atoms with Crippen LogP contribution in [-0.2, 0) is 7.05 Å². The van der Waals surface area contributed by atoms with Crippen molar-refractivity contribution in [3.05, 3.63) is 22.4 Å². The zero-order valence-corrected chi connectivity index (χ0v) is 12.1. The average molecular weight is 303 g/mol. The van der Waals surface area contributed by atoms with E-state index in [4.69, 9.17) is 5.11 Å². The van der Waals surface area contributed by atoms with Crippen LogP contribution in [-0.4, -0.2) is 39.7 Å². The van der Waals surface area contributed by atoms with Crippen LogP contribution in [0.3, 0.4) is 0 Å². The fourth-order valence-corrected chi connectivity index (χ4v) is 2.24. The summed E-state index contributed by atoms with van der Waals surface area (Å²) in [6.45, 7) is 4.64. The molecule has 0 radical (unpaired) electrons. The van der Waals surface area contributed by atoms with E-state index >= 15 is 0 Å². The molecule has 0 bridgehead atoms. The summed E-state index contributed by atoms with van der Waals surface area (Å²) in [4.78, 5) is 14.1. The lowest BCUT2D eigenvalue weighted by Gasteiger charge is -2.26. The van der Waals surface area contributed by atoms with Gasteiger partial charge >= 0.3 is 0 Å². The number of hydrogen-bond acceptors (Lipinski definition) is 2. The van der Waals surface area contributed by atoms with Crippen molar-refractivity contribution in [2.45, 2.75) is 26.3 Å². The van der Waals surface area contributed by atoms with Crippen LogP contribution in [0, 0.1) is 0 Å². The third kappa shape index (κ3) is 3.57. The minimum Gasteiger partial charge on any atom is -0.396 e. The van der Waals surface area contributed by atoms with Crippen LogP contribution in [0.4, 0.5) is 0 Å². The maximum absolute atomic E-state index is 12.3. The van der Waals surface area contributed by atoms with Gasteiger partial charge in [0.05, 0.1) is 0 Å². The third-order valence-electron chi connectivity index (χ3n) is 2.63. The Balaban J connectivity index is 2.87. The van der Waals surface area contributed by atoms with Gasteiger partial charge in [-0.05, 0) is 42.3 Å². The number of hydrogen-bond donors (Lipinski definition) is 1. The Morgan fingerprint density at radius 1 is 1.59 bits per heavy atom. The van der Waals surface area contributed by atoms with Crippen LogP contribution in [0.15, 0.2) is 16.7 Å². The standard InChI is InChI=1S/C12H19BrN2O2/c1-9(2)15(5-4-6-16)12(17)11-7-10(13)8-14(11)3/h7-9,16H,4-6H2,1-3H3. The van der Waals surface area contributed by atoms with Crippen molar-refractivity contribution < 1.29 is 9.90 Å². The van der Waals surface area contributed by atoms with E-state index in [-0.39, 0.29) is 18.6 Å². The average Bonchev–Trinajstić information content (AvgIpc) is 2.57. The fourth-order valence-electron chi connectivity index (χ4n) is 1.72. The number of amides is 1. The first-order valence-corrected chi connectivity index (χ1v) is 6.50. The molecule has 0 aliphatic rings. The van der Waals surface area contributed by atoms with Crippen molar-refractivity contribution in [1.82, 2.24) is 9.47 Å². The van der Waals surface area contributed by atoms with Crippen molar-refractivity contribution in [2.24, 2.45) is 7.05 Å². The van der Waals surface area contributed by atoms with Crippen molar-refractivity contribution in [2.75, 3.05) is 13.2 Å². The molecule has 96 valence electrons. The lowest BCUT2D eigenvalue weighted by Crippen LogP contribution is -2.38. The van der Waals surface area contributed by atoms with Gasteiger partial charge in [-0.15, -0.1) is 0 Å². The molecule has 1 amide bonds. The molecule has 1 aromatic rings. The molecule has 0 spiro atoms. The van der Waals surface area contributed by atoms with Gasteiger partial charge in [-0.3, -0.25) is 4.79 Å². The largest absolute Gasteiger partial charge is 0.396 e. The monoisotopic (exact) mass is 302 g/mol. The number of carbonyl (C=O) groups excluding carboxylic acids is 1. The summed E-state index contributed by atoms with van der Waals surface area (Å²) in [5, 5.41) is 8.86. The molecule has 0 atom stereocenters. The second kappa shape index (κ2) is 6.21. The summed E-state index contributed by atoms with van der Waals surface area (Å²) in [6.07, 6.45) is 2.47. The smallest absolute Gasteiger partial charge is 0.270 e. The van der Waals surface area contributed by atoms with Gasteiger partial charge in [-0.1, -0.05) is 0 Å². The first-order valence-electron chi connectivity index (χ1n) is 5.71. The molecule has 4 nitrogen and oxygen atoms in total. The van der Waals surface area contributed by atoms with E-state index < -0.39 is 0 Å². The van der Waals surface area contributed by atoms with E-state index in [0.717, 1.165) is 4.47 Å². The molecule has 1 aromatic heterocycles. The molecule has 5 heteroatoms. The van der Waals surface area contributed by atoms with E-state index in [1.807, 2.05) is 33.2 Å². The number of halogens is 1. The molecule has 1 N–H and O–H groups in total. The maximum Gasteiger partial charge on any atom is 0.270 e. The Labute approximate surface area is 110 Å². The second-order valence-electron chi connectivity index (χ2n) is 4.32. The summed E-state index contributed by atoms with van der Waals surface area (Å²) in [5.74, 6) is 0.00153. The number of carbonyl (C=O) groups is 1. The molecule has 0 aliphatic carbocycles. The predicted molar refractivity (Wildman–Crippen MR) is 71.0 cm³/mol. The van der Waals surface area contributed by atoms with Crippen LogP contribution in [0.5, 0.6) is 0 Å². The Morgan fingerprint density at radius 3 is 2.65 bits per heavy atom. The predicted octanol–water partition coefficient (Wildman–Crippen LogP) is 2.02. The highest BCUT2D eigenvalue weighted by atomic mass is 79.9. The Kier molecular flexibility index (Phi) is 5.21. The van der Waals surface area contributed by atoms with E-state index in [2.05, 4.69) is 15.9 Å². The van der Waals surface area contributed by atoms with Gasteiger partial charge in [0.2, 0.25) is 0 Å². The molecule has 1 rings (SSSR count). The highest BCUT2D eigenvalue weighted by Gasteiger charge is 2.20. The number of aliphatic hydroxyl groups is 1. The van der Waals surface area contributed by atoms with Crippen molar-refractivity contribution in [3.8, 4) is 0 Å². The highest BCUT2D eigenvalue weighted by molar-refractivity contribution is 9.10. The van der Waals surface area contributed by atoms with Crippen LogP contribution in [0.25, 0.3) is 0 Å². The molecule has 1 heterocycles. The molecule has 0 saturated heterocycles. The number of aryl methyl sites for hydroxylation is 1. The molecule has 17 heavy (non-hydrogen) atoms. The number of aromatic nitrogens is 1. The van der Waals surface area contributed by atoms with Gasteiger partial charge in [-0.2, -0.15) is 0 Å². The lowest BCUT2D eigenvalue weighted by molar-refractivity contribution is 0.0683. The summed E-state index contributed by atoms with van der Waals surface area (Å²) >= 11 is 3.36. The maximum atomic E-state index is 12.3. The summed E-state index contributed by atoms with van der Waals surface area (Å²) in [7, 11) is 1.85. The topological polar surface area (TPSA) is 45.5 Å². The summed E-state index contributed by atoms with van der Waals surface area (Å²) < 4.78 is 2.70. The molecule has 0 aromatic carbocycles. The van der Waals surface area contributed by atoms with E-state index in [9.17, 15) is 4.79 Å². The molecular weight excluding hydrogens is 284 g/mol. The zero-order chi connectivity index (χ0) is 13.0.